The van der Waals surface area contributed by atoms with Gasteiger partial charge < -0.3 is 4.74 Å². The molecular weight excluding hydrogens is 331 g/mol. The number of hydrogen-bond acceptors (Lipinski definition) is 5. The van der Waals surface area contributed by atoms with Crippen LogP contribution < -0.4 is 4.74 Å². The number of pyridine rings is 1. The number of nitrogens with zero attached hydrogens (tertiary/aromatic N) is 2. The summed E-state index contributed by atoms with van der Waals surface area (Å²) >= 11 is 3.23. The van der Waals surface area contributed by atoms with Crippen molar-refractivity contribution in [1.29, 1.82) is 0 Å². The maximum Gasteiger partial charge on any atom is 0.165 e. The molecule has 3 nitrogen and oxygen atoms in total. The number of rotatable bonds is 5. The van der Waals surface area contributed by atoms with E-state index >= 15 is 0 Å². The van der Waals surface area contributed by atoms with Gasteiger partial charge in [-0.25, -0.2) is 14.4 Å². The predicted molar refractivity (Wildman–Crippen MR) is 93.7 cm³/mol. The minimum absolute atomic E-state index is 0.236. The zero-order chi connectivity index (χ0) is 16.2. The van der Waals surface area contributed by atoms with E-state index in [0.717, 1.165) is 32.6 Å². The van der Waals surface area contributed by atoms with Crippen LogP contribution in [0.1, 0.15) is 6.92 Å². The Morgan fingerprint density at radius 1 is 1.22 bits per heavy atom. The van der Waals surface area contributed by atoms with Crippen LogP contribution in [0.5, 0.6) is 5.75 Å². The van der Waals surface area contributed by atoms with Gasteiger partial charge in [0.05, 0.1) is 17.8 Å². The Morgan fingerprint density at radius 3 is 2.83 bits per heavy atom. The standard InChI is InChI=1S/C17H15FN2OS2/c1-3-22-16-9-12(6-7-19-16)17-20-14(10-23-17)11-4-5-15(21-2)13(18)8-11/h4-10H,3H2,1-2H3. The minimum atomic E-state index is -0.384. The Labute approximate surface area is 142 Å². The van der Waals surface area contributed by atoms with Gasteiger partial charge in [-0.05, 0) is 36.1 Å². The molecule has 3 rings (SSSR count). The van der Waals surface area contributed by atoms with E-state index in [1.807, 2.05) is 23.6 Å². The fourth-order valence-electron chi connectivity index (χ4n) is 2.13. The fourth-order valence-corrected chi connectivity index (χ4v) is 3.60. The second-order valence-corrected chi connectivity index (χ2v) is 6.85. The van der Waals surface area contributed by atoms with Crippen molar-refractivity contribution in [2.75, 3.05) is 12.9 Å². The van der Waals surface area contributed by atoms with Gasteiger partial charge in [0.1, 0.15) is 5.01 Å². The van der Waals surface area contributed by atoms with Gasteiger partial charge in [0.2, 0.25) is 0 Å². The van der Waals surface area contributed by atoms with Crippen molar-refractivity contribution in [2.45, 2.75) is 11.9 Å². The van der Waals surface area contributed by atoms with Crippen molar-refractivity contribution < 1.29 is 9.13 Å². The fraction of sp³-hybridized carbons (Fsp3) is 0.176. The lowest BCUT2D eigenvalue weighted by molar-refractivity contribution is 0.386. The SMILES string of the molecule is CCSc1cc(-c2nc(-c3ccc(OC)c(F)c3)cs2)ccn1. The van der Waals surface area contributed by atoms with Crippen LogP contribution >= 0.6 is 23.1 Å². The second-order valence-electron chi connectivity index (χ2n) is 4.70. The summed E-state index contributed by atoms with van der Waals surface area (Å²) in [4.78, 5) is 8.95. The topological polar surface area (TPSA) is 35.0 Å². The molecule has 23 heavy (non-hydrogen) atoms. The van der Waals surface area contributed by atoms with Crippen LogP contribution in [0, 0.1) is 5.82 Å². The third kappa shape index (κ3) is 3.54. The Balaban J connectivity index is 1.91. The largest absolute Gasteiger partial charge is 0.494 e. The Morgan fingerprint density at radius 2 is 2.09 bits per heavy atom. The van der Waals surface area contributed by atoms with Gasteiger partial charge in [0.25, 0.3) is 0 Å². The normalized spacial score (nSPS) is 10.7. The van der Waals surface area contributed by atoms with E-state index in [0.29, 0.717) is 0 Å². The van der Waals surface area contributed by atoms with Crippen LogP contribution in [0.15, 0.2) is 46.9 Å². The number of thiazole rings is 1. The first kappa shape index (κ1) is 16.0. The van der Waals surface area contributed by atoms with Crippen molar-refractivity contribution >= 4 is 23.1 Å². The minimum Gasteiger partial charge on any atom is -0.494 e. The number of aromatic nitrogens is 2. The summed E-state index contributed by atoms with van der Waals surface area (Å²) in [6.07, 6.45) is 1.79. The van der Waals surface area contributed by atoms with Gasteiger partial charge in [-0.15, -0.1) is 23.1 Å². The van der Waals surface area contributed by atoms with Crippen molar-refractivity contribution in [1.82, 2.24) is 9.97 Å². The summed E-state index contributed by atoms with van der Waals surface area (Å²) in [6, 6.07) is 8.85. The van der Waals surface area contributed by atoms with E-state index in [4.69, 9.17) is 4.74 Å². The molecule has 0 aliphatic carbocycles. The quantitative estimate of drug-likeness (QED) is 0.600. The van der Waals surface area contributed by atoms with Crippen molar-refractivity contribution in [3.8, 4) is 27.6 Å². The summed E-state index contributed by atoms with van der Waals surface area (Å²) in [5.41, 5.74) is 2.53. The molecule has 0 aliphatic heterocycles. The van der Waals surface area contributed by atoms with E-state index < -0.39 is 0 Å². The summed E-state index contributed by atoms with van der Waals surface area (Å²) in [5, 5.41) is 3.82. The number of thioether (sulfide) groups is 1. The maximum atomic E-state index is 13.8. The zero-order valence-electron chi connectivity index (χ0n) is 12.7. The van der Waals surface area contributed by atoms with E-state index in [1.165, 1.54) is 24.5 Å². The highest BCUT2D eigenvalue weighted by molar-refractivity contribution is 7.99. The first-order chi connectivity index (χ1) is 11.2. The van der Waals surface area contributed by atoms with Crippen LogP contribution in [-0.4, -0.2) is 22.8 Å². The predicted octanol–water partition coefficient (Wildman–Crippen LogP) is 5.13. The third-order valence-electron chi connectivity index (χ3n) is 3.23. The van der Waals surface area contributed by atoms with Gasteiger partial charge in [-0.1, -0.05) is 6.92 Å². The highest BCUT2D eigenvalue weighted by Crippen LogP contribution is 2.31. The summed E-state index contributed by atoms with van der Waals surface area (Å²) in [5.74, 6) is 0.828. The Bertz CT molecular complexity index is 820. The Kier molecular flexibility index (Phi) is 4.93. The molecule has 0 fully saturated rings. The molecular formula is C17H15FN2OS2. The average Bonchev–Trinajstić information content (AvgIpc) is 3.05. The van der Waals surface area contributed by atoms with Crippen molar-refractivity contribution in [2.24, 2.45) is 0 Å². The smallest absolute Gasteiger partial charge is 0.165 e. The monoisotopic (exact) mass is 346 g/mol. The molecule has 1 aromatic carbocycles. The van der Waals surface area contributed by atoms with Gasteiger partial charge >= 0.3 is 0 Å². The average molecular weight is 346 g/mol. The van der Waals surface area contributed by atoms with Gasteiger partial charge in [0.15, 0.2) is 11.6 Å². The molecule has 0 saturated carbocycles. The molecule has 0 N–H and O–H groups in total. The van der Waals surface area contributed by atoms with Crippen LogP contribution in [0.2, 0.25) is 0 Å². The van der Waals surface area contributed by atoms with E-state index in [1.54, 1.807) is 24.0 Å². The summed E-state index contributed by atoms with van der Waals surface area (Å²) < 4.78 is 18.8. The van der Waals surface area contributed by atoms with E-state index in [-0.39, 0.29) is 11.6 Å². The molecule has 0 bridgehead atoms. The first-order valence-corrected chi connectivity index (χ1v) is 8.96. The molecule has 2 aromatic heterocycles. The summed E-state index contributed by atoms with van der Waals surface area (Å²) in [7, 11) is 1.45. The molecule has 0 amide bonds. The highest BCUT2D eigenvalue weighted by atomic mass is 32.2. The molecule has 0 spiro atoms. The van der Waals surface area contributed by atoms with Crippen LogP contribution in [-0.2, 0) is 0 Å². The first-order valence-electron chi connectivity index (χ1n) is 7.10. The van der Waals surface area contributed by atoms with E-state index in [2.05, 4.69) is 16.9 Å². The molecule has 0 unspecified atom stereocenters. The third-order valence-corrected chi connectivity index (χ3v) is 4.92. The molecule has 6 heteroatoms. The highest BCUT2D eigenvalue weighted by Gasteiger charge is 2.10. The van der Waals surface area contributed by atoms with Crippen molar-refractivity contribution in [3.05, 3.63) is 47.7 Å². The number of benzene rings is 1. The lowest BCUT2D eigenvalue weighted by Crippen LogP contribution is -1.89. The van der Waals surface area contributed by atoms with Gasteiger partial charge in [0, 0.05) is 22.7 Å². The van der Waals surface area contributed by atoms with Gasteiger partial charge in [-0.3, -0.25) is 0 Å². The summed E-state index contributed by atoms with van der Waals surface area (Å²) in [6.45, 7) is 2.10. The van der Waals surface area contributed by atoms with E-state index in [9.17, 15) is 4.39 Å². The number of methoxy groups -OCH3 is 1. The second kappa shape index (κ2) is 7.10. The van der Waals surface area contributed by atoms with Gasteiger partial charge in [-0.2, -0.15) is 0 Å². The number of ether oxygens (including phenoxy) is 1. The van der Waals surface area contributed by atoms with Crippen LogP contribution in [0.4, 0.5) is 4.39 Å². The number of halogens is 1. The molecule has 3 aromatic rings. The molecule has 0 radical (unpaired) electrons. The maximum absolute atomic E-state index is 13.8. The molecule has 0 atom stereocenters. The molecule has 118 valence electrons. The van der Waals surface area contributed by atoms with Crippen LogP contribution in [0.25, 0.3) is 21.8 Å². The number of hydrogen-bond donors (Lipinski definition) is 0. The lowest BCUT2D eigenvalue weighted by Gasteiger charge is -2.03. The molecule has 0 aliphatic rings. The lowest BCUT2D eigenvalue weighted by atomic mass is 10.1. The Hall–Kier alpha value is -1.92. The van der Waals surface area contributed by atoms with Crippen molar-refractivity contribution in [3.63, 3.8) is 0 Å². The van der Waals surface area contributed by atoms with Crippen LogP contribution in [0.3, 0.4) is 0 Å². The zero-order valence-corrected chi connectivity index (χ0v) is 14.4. The molecule has 2 heterocycles. The molecule has 0 saturated heterocycles.